The Kier molecular flexibility index (Phi) is 8.96. The molecule has 0 amide bonds. The summed E-state index contributed by atoms with van der Waals surface area (Å²) >= 11 is 0. The zero-order valence-corrected chi connectivity index (χ0v) is 29.2. The monoisotopic (exact) mass is 838 g/mol. The van der Waals surface area contributed by atoms with E-state index < -0.39 is 28.9 Å². The van der Waals surface area contributed by atoms with Crippen LogP contribution >= 0.6 is 0 Å². The van der Waals surface area contributed by atoms with Gasteiger partial charge in [-0.05, 0) is 62.6 Å². The van der Waals surface area contributed by atoms with Gasteiger partial charge in [-0.2, -0.15) is 31.9 Å². The predicted molar refractivity (Wildman–Crippen MR) is 173 cm³/mol. The average Bonchev–Trinajstić information content (AvgIpc) is 3.37. The second-order valence-electron chi connectivity index (χ2n) is 13.8. The number of hydrogen-bond acceptors (Lipinski definition) is 2. The topological polar surface area (TPSA) is 39.9 Å². The summed E-state index contributed by atoms with van der Waals surface area (Å²) in [7, 11) is 0. The van der Waals surface area contributed by atoms with E-state index in [0.29, 0.717) is 28.1 Å². The number of aromatic nitrogens is 3. The Morgan fingerprint density at radius 3 is 1.73 bits per heavy atom. The number of nitrogens with zero attached hydrogens (tertiary/aromatic N) is 3. The van der Waals surface area contributed by atoms with Crippen molar-refractivity contribution < 1.29 is 47.4 Å². The van der Waals surface area contributed by atoms with E-state index in [9.17, 15) is 26.3 Å². The van der Waals surface area contributed by atoms with Gasteiger partial charge in [0.05, 0.1) is 11.3 Å². The van der Waals surface area contributed by atoms with E-state index in [1.165, 1.54) is 0 Å². The van der Waals surface area contributed by atoms with Crippen molar-refractivity contribution in [3.05, 3.63) is 107 Å². The Morgan fingerprint density at radius 2 is 1.19 bits per heavy atom. The second kappa shape index (κ2) is 12.2. The molecule has 0 unspecified atom stereocenters. The van der Waals surface area contributed by atoms with Crippen LogP contribution in [0.5, 0.6) is 0 Å². The van der Waals surface area contributed by atoms with Crippen molar-refractivity contribution in [3.63, 3.8) is 0 Å². The zero-order valence-electron chi connectivity index (χ0n) is 26.9. The van der Waals surface area contributed by atoms with Crippen LogP contribution in [0.15, 0.2) is 79.1 Å². The minimum absolute atomic E-state index is 0. The largest absolute Gasteiger partial charge is 2.00 e. The van der Waals surface area contributed by atoms with Crippen molar-refractivity contribution in [2.24, 2.45) is 0 Å². The minimum Gasteiger partial charge on any atom is -0.662 e. The molecule has 0 saturated carbocycles. The third kappa shape index (κ3) is 6.66. The number of fused-ring (bicyclic) bond motifs is 3. The van der Waals surface area contributed by atoms with Gasteiger partial charge in [-0.25, -0.2) is 0 Å². The Bertz CT molecular complexity index is 2130. The molecule has 3 aromatic heterocycles. The van der Waals surface area contributed by atoms with Crippen molar-refractivity contribution in [1.82, 2.24) is 15.0 Å². The first-order valence-electron chi connectivity index (χ1n) is 15.0. The quantitative estimate of drug-likeness (QED) is 0.132. The van der Waals surface area contributed by atoms with Crippen molar-refractivity contribution in [2.45, 2.75) is 64.7 Å². The van der Waals surface area contributed by atoms with Crippen molar-refractivity contribution in [1.29, 1.82) is 0 Å². The first kappa shape index (κ1) is 35.3. The van der Waals surface area contributed by atoms with Crippen LogP contribution in [0.3, 0.4) is 0 Å². The van der Waals surface area contributed by atoms with Gasteiger partial charge < -0.3 is 4.98 Å². The van der Waals surface area contributed by atoms with Gasteiger partial charge in [0, 0.05) is 23.7 Å². The predicted octanol–water partition coefficient (Wildman–Crippen LogP) is 11.2. The van der Waals surface area contributed by atoms with Gasteiger partial charge in [-0.15, -0.1) is 35.3 Å². The van der Waals surface area contributed by atoms with E-state index in [1.54, 1.807) is 48.8 Å². The molecule has 0 aliphatic carbocycles. The third-order valence-corrected chi connectivity index (χ3v) is 8.23. The maximum absolute atomic E-state index is 14.5. The van der Waals surface area contributed by atoms with Gasteiger partial charge in [0.2, 0.25) is 0 Å². The molecular weight excluding hydrogens is 808 g/mol. The summed E-state index contributed by atoms with van der Waals surface area (Å²) in [6.07, 6.45) is -6.32. The molecule has 0 radical (unpaired) electrons. The smallest absolute Gasteiger partial charge is 0.662 e. The fraction of sp³-hybridized carbons (Fsp3) is 0.263. The van der Waals surface area contributed by atoms with E-state index in [0.717, 1.165) is 29.8 Å². The summed E-state index contributed by atoms with van der Waals surface area (Å²) in [6.45, 7) is 11.9. The van der Waals surface area contributed by atoms with E-state index >= 15 is 0 Å². The summed E-state index contributed by atoms with van der Waals surface area (Å²) in [5.74, 6) is 0. The van der Waals surface area contributed by atoms with Crippen LogP contribution in [0.4, 0.5) is 26.3 Å². The molecule has 0 N–H and O–H groups in total. The molecule has 48 heavy (non-hydrogen) atoms. The summed E-state index contributed by atoms with van der Waals surface area (Å²) in [6, 6.07) is 19.1. The second-order valence-corrected chi connectivity index (χ2v) is 13.8. The van der Waals surface area contributed by atoms with Crippen LogP contribution in [0.1, 0.15) is 63.8 Å². The summed E-state index contributed by atoms with van der Waals surface area (Å²) < 4.78 is 86.5. The summed E-state index contributed by atoms with van der Waals surface area (Å²) in [5, 5.41) is -0.0861. The van der Waals surface area contributed by atoms with Gasteiger partial charge in [-0.1, -0.05) is 76.9 Å². The number of pyridine rings is 2. The molecule has 0 aliphatic heterocycles. The first-order chi connectivity index (χ1) is 21.8. The van der Waals surface area contributed by atoms with Crippen molar-refractivity contribution in [2.75, 3.05) is 0 Å². The fourth-order valence-electron chi connectivity index (χ4n) is 5.70. The van der Waals surface area contributed by atoms with Crippen molar-refractivity contribution in [3.8, 4) is 33.6 Å². The molecule has 6 rings (SSSR count). The molecule has 250 valence electrons. The molecule has 3 aromatic carbocycles. The maximum Gasteiger partial charge on any atom is 2.00 e. The van der Waals surface area contributed by atoms with Gasteiger partial charge >= 0.3 is 33.4 Å². The molecule has 6 aromatic rings. The van der Waals surface area contributed by atoms with Crippen LogP contribution in [0.2, 0.25) is 0 Å². The Labute approximate surface area is 289 Å². The van der Waals surface area contributed by atoms with Crippen molar-refractivity contribution >= 4 is 21.8 Å². The molecule has 0 spiro atoms. The number of alkyl halides is 6. The van der Waals surface area contributed by atoms with Gasteiger partial charge in [-0.3, -0.25) is 9.97 Å². The zero-order chi connectivity index (χ0) is 34.1. The summed E-state index contributed by atoms with van der Waals surface area (Å²) in [5.41, 5.74) is 0.930. The van der Waals surface area contributed by atoms with E-state index in [1.807, 2.05) is 47.6 Å². The normalized spacial score (nSPS) is 12.8. The molecule has 0 bridgehead atoms. The van der Waals surface area contributed by atoms with Gasteiger partial charge in [0.15, 0.2) is 0 Å². The Balaban J connectivity index is 0.00000451. The fourth-order valence-corrected chi connectivity index (χ4v) is 5.70. The Hall–Kier alpha value is -3.97. The molecule has 10 heteroatoms. The van der Waals surface area contributed by atoms with E-state index in [-0.39, 0.29) is 59.4 Å². The van der Waals surface area contributed by atoms with Gasteiger partial charge in [0.1, 0.15) is 0 Å². The molecule has 0 atom stereocenters. The molecule has 0 aliphatic rings. The van der Waals surface area contributed by atoms with Crippen LogP contribution < -0.4 is 4.98 Å². The van der Waals surface area contributed by atoms with Crippen LogP contribution in [0, 0.1) is 6.07 Å². The van der Waals surface area contributed by atoms with Crippen LogP contribution in [-0.4, -0.2) is 9.97 Å². The SMILES string of the molecule is CC(C)(C)c1cnc(-c2cc(C(F)(F)F)cc3c2[n-]c2c(-c4[c-]c(-c5ccccn5)ccc4)cc(C(F)(F)F)cc23)c(C(C)(C)C)c1.[Pt+2]. The number of hydrogen-bond donors (Lipinski definition) is 0. The summed E-state index contributed by atoms with van der Waals surface area (Å²) in [4.78, 5) is 13.8. The van der Waals surface area contributed by atoms with E-state index in [4.69, 9.17) is 9.97 Å². The van der Waals surface area contributed by atoms with Crippen LogP contribution in [0.25, 0.3) is 55.4 Å². The number of halogens is 6. The number of rotatable bonds is 3. The van der Waals surface area contributed by atoms with Gasteiger partial charge in [0.25, 0.3) is 0 Å². The third-order valence-electron chi connectivity index (χ3n) is 8.23. The minimum atomic E-state index is -4.78. The maximum atomic E-state index is 14.5. The van der Waals surface area contributed by atoms with Crippen LogP contribution in [-0.2, 0) is 44.2 Å². The molecule has 3 nitrogen and oxygen atoms in total. The number of benzene rings is 3. The standard InChI is InChI=1S/C38H31F6N3.Pt/c1-35(2,3)25-19-30(36(4,5)6)34(46-20-25)29-18-24(38(42,43)44)17-28-27-16-23(37(39,40)41)15-26(32(27)47-33(28)29)21-10-9-11-22(14-21)31-12-7-8-13-45-31;/h7-13,15-20H,1-6H3;/q-2;+2. The van der Waals surface area contributed by atoms with E-state index in [2.05, 4.69) is 11.1 Å². The molecular formula is C38H31F6N3Pt. The first-order valence-corrected chi connectivity index (χ1v) is 15.0. The molecule has 0 fully saturated rings. The molecule has 0 saturated heterocycles. The Morgan fingerprint density at radius 1 is 0.604 bits per heavy atom. The molecule has 3 heterocycles. The average molecular weight is 839 g/mol.